The van der Waals surface area contributed by atoms with Crippen molar-refractivity contribution >= 4 is 17.7 Å². The fraction of sp³-hybridized carbons (Fsp3) is 0.417. The lowest BCUT2D eigenvalue weighted by Crippen LogP contribution is -2.17. The summed E-state index contributed by atoms with van der Waals surface area (Å²) >= 11 is 1.59. The van der Waals surface area contributed by atoms with E-state index in [9.17, 15) is 9.18 Å². The van der Waals surface area contributed by atoms with E-state index in [1.165, 1.54) is 12.1 Å². The molecule has 1 N–H and O–H groups in total. The van der Waals surface area contributed by atoms with Crippen LogP contribution in [0.2, 0.25) is 0 Å². The van der Waals surface area contributed by atoms with Crippen molar-refractivity contribution in [3.63, 3.8) is 0 Å². The van der Waals surface area contributed by atoms with Gasteiger partial charge in [0.05, 0.1) is 5.56 Å². The van der Waals surface area contributed by atoms with Gasteiger partial charge in [-0.05, 0) is 31.0 Å². The molecule has 0 atom stereocenters. The molecule has 0 spiro atoms. The van der Waals surface area contributed by atoms with E-state index in [-0.39, 0.29) is 5.56 Å². The first-order valence-corrected chi connectivity index (χ1v) is 6.32. The second-order valence-corrected chi connectivity index (χ2v) is 5.25. The third-order valence-electron chi connectivity index (χ3n) is 2.64. The highest BCUT2D eigenvalue weighted by atomic mass is 32.2. The van der Waals surface area contributed by atoms with Crippen molar-refractivity contribution in [1.29, 1.82) is 0 Å². The van der Waals surface area contributed by atoms with Gasteiger partial charge in [-0.25, -0.2) is 9.18 Å². The molecule has 1 fully saturated rings. The molecule has 2 rings (SSSR count). The number of rotatable bonds is 3. The van der Waals surface area contributed by atoms with Crippen molar-refractivity contribution in [2.45, 2.75) is 23.0 Å². The van der Waals surface area contributed by atoms with Crippen LogP contribution in [-0.2, 0) is 4.74 Å². The van der Waals surface area contributed by atoms with Crippen LogP contribution >= 0.6 is 11.8 Å². The minimum absolute atomic E-state index is 0.262. The van der Waals surface area contributed by atoms with Gasteiger partial charge in [-0.2, -0.15) is 0 Å². The van der Waals surface area contributed by atoms with Crippen LogP contribution in [0.1, 0.15) is 23.2 Å². The van der Waals surface area contributed by atoms with Gasteiger partial charge in [-0.1, -0.05) is 0 Å². The number of carboxylic acids is 1. The van der Waals surface area contributed by atoms with Crippen molar-refractivity contribution in [2.75, 3.05) is 13.2 Å². The van der Waals surface area contributed by atoms with Gasteiger partial charge in [0.1, 0.15) is 5.82 Å². The number of aromatic carboxylic acids is 1. The number of thioether (sulfide) groups is 1. The molecule has 0 aliphatic carbocycles. The van der Waals surface area contributed by atoms with Crippen LogP contribution in [0.3, 0.4) is 0 Å². The third kappa shape index (κ3) is 3.20. The predicted molar refractivity (Wildman–Crippen MR) is 63.1 cm³/mol. The molecule has 0 unspecified atom stereocenters. The standard InChI is InChI=1S/C12H13FO3S/c13-11-2-1-9(7-10(11)12(14)15)17-8-3-5-16-6-4-8/h1-2,7-8H,3-6H2,(H,14,15). The highest BCUT2D eigenvalue weighted by Gasteiger charge is 2.17. The van der Waals surface area contributed by atoms with Gasteiger partial charge in [-0.3, -0.25) is 0 Å². The molecule has 3 nitrogen and oxygen atoms in total. The molecule has 1 saturated heterocycles. The summed E-state index contributed by atoms with van der Waals surface area (Å²) < 4.78 is 18.4. The van der Waals surface area contributed by atoms with Crippen LogP contribution in [0, 0.1) is 5.82 Å². The number of hydrogen-bond donors (Lipinski definition) is 1. The summed E-state index contributed by atoms with van der Waals surface area (Å²) in [5, 5.41) is 9.25. The Kier molecular flexibility index (Phi) is 4.02. The summed E-state index contributed by atoms with van der Waals surface area (Å²) in [6.45, 7) is 1.48. The Hall–Kier alpha value is -1.07. The Morgan fingerprint density at radius 3 is 2.76 bits per heavy atom. The largest absolute Gasteiger partial charge is 0.478 e. The third-order valence-corrected chi connectivity index (χ3v) is 3.97. The average molecular weight is 256 g/mol. The maximum absolute atomic E-state index is 13.2. The zero-order valence-electron chi connectivity index (χ0n) is 9.19. The van der Waals surface area contributed by atoms with Crippen LogP contribution in [0.4, 0.5) is 4.39 Å². The smallest absolute Gasteiger partial charge is 0.338 e. The summed E-state index contributed by atoms with van der Waals surface area (Å²) in [5.41, 5.74) is -0.262. The minimum Gasteiger partial charge on any atom is -0.478 e. The van der Waals surface area contributed by atoms with Crippen molar-refractivity contribution in [3.8, 4) is 0 Å². The van der Waals surface area contributed by atoms with Crippen LogP contribution in [0.15, 0.2) is 23.1 Å². The van der Waals surface area contributed by atoms with E-state index in [1.54, 1.807) is 17.8 Å². The molecule has 1 aromatic rings. The maximum atomic E-state index is 13.2. The van der Waals surface area contributed by atoms with Gasteiger partial charge in [0.15, 0.2) is 0 Å². The fourth-order valence-electron chi connectivity index (χ4n) is 1.73. The molecule has 1 aromatic carbocycles. The number of hydrogen-bond acceptors (Lipinski definition) is 3. The average Bonchev–Trinajstić information content (AvgIpc) is 2.32. The van der Waals surface area contributed by atoms with Crippen LogP contribution in [-0.4, -0.2) is 29.5 Å². The maximum Gasteiger partial charge on any atom is 0.338 e. The van der Waals surface area contributed by atoms with E-state index in [0.29, 0.717) is 5.25 Å². The first kappa shape index (κ1) is 12.4. The van der Waals surface area contributed by atoms with E-state index >= 15 is 0 Å². The Morgan fingerprint density at radius 1 is 1.41 bits per heavy atom. The van der Waals surface area contributed by atoms with Gasteiger partial charge in [0.25, 0.3) is 0 Å². The molecule has 0 aromatic heterocycles. The monoisotopic (exact) mass is 256 g/mol. The molecule has 17 heavy (non-hydrogen) atoms. The van der Waals surface area contributed by atoms with E-state index in [1.807, 2.05) is 0 Å². The number of halogens is 1. The Bertz CT molecular complexity index is 416. The Balaban J connectivity index is 2.10. The quantitative estimate of drug-likeness (QED) is 0.903. The van der Waals surface area contributed by atoms with Gasteiger partial charge >= 0.3 is 5.97 Å². The first-order valence-electron chi connectivity index (χ1n) is 5.44. The molecule has 1 aliphatic heterocycles. The van der Waals surface area contributed by atoms with E-state index in [0.717, 1.165) is 31.0 Å². The second kappa shape index (κ2) is 5.51. The molecule has 0 amide bonds. The van der Waals surface area contributed by atoms with Crippen molar-refractivity contribution in [3.05, 3.63) is 29.6 Å². The summed E-state index contributed by atoms with van der Waals surface area (Å²) in [6, 6.07) is 4.24. The molecule has 92 valence electrons. The van der Waals surface area contributed by atoms with E-state index in [2.05, 4.69) is 0 Å². The lowest BCUT2D eigenvalue weighted by atomic mass is 10.2. The predicted octanol–water partition coefficient (Wildman–Crippen LogP) is 2.80. The molecule has 0 saturated carbocycles. The molecule has 1 aliphatic rings. The van der Waals surface area contributed by atoms with E-state index in [4.69, 9.17) is 9.84 Å². The summed E-state index contributed by atoms with van der Waals surface area (Å²) in [7, 11) is 0. The van der Waals surface area contributed by atoms with Crippen molar-refractivity contribution in [2.24, 2.45) is 0 Å². The van der Waals surface area contributed by atoms with Crippen LogP contribution < -0.4 is 0 Å². The molecule has 0 radical (unpaired) electrons. The van der Waals surface area contributed by atoms with Crippen molar-refractivity contribution < 1.29 is 19.0 Å². The molecule has 0 bridgehead atoms. The van der Waals surface area contributed by atoms with E-state index < -0.39 is 11.8 Å². The van der Waals surface area contributed by atoms with Crippen molar-refractivity contribution in [1.82, 2.24) is 0 Å². The zero-order chi connectivity index (χ0) is 12.3. The highest BCUT2D eigenvalue weighted by Crippen LogP contribution is 2.30. The Morgan fingerprint density at radius 2 is 2.12 bits per heavy atom. The number of benzene rings is 1. The number of carbonyl (C=O) groups is 1. The molecular weight excluding hydrogens is 243 g/mol. The summed E-state index contributed by atoms with van der Waals surface area (Å²) in [6.07, 6.45) is 1.90. The zero-order valence-corrected chi connectivity index (χ0v) is 10.0. The molecular formula is C12H13FO3S. The minimum atomic E-state index is -1.23. The van der Waals surface area contributed by atoms with Gasteiger partial charge < -0.3 is 9.84 Å². The topological polar surface area (TPSA) is 46.5 Å². The van der Waals surface area contributed by atoms with Crippen LogP contribution in [0.5, 0.6) is 0 Å². The summed E-state index contributed by atoms with van der Waals surface area (Å²) in [4.78, 5) is 11.6. The molecule has 5 heteroatoms. The Labute approximate surface area is 103 Å². The lowest BCUT2D eigenvalue weighted by molar-refractivity contribution is 0.0691. The number of carboxylic acid groups (broad SMARTS) is 1. The summed E-state index contributed by atoms with van der Waals surface area (Å²) in [5.74, 6) is -1.91. The van der Waals surface area contributed by atoms with Gasteiger partial charge in [-0.15, -0.1) is 11.8 Å². The normalized spacial score (nSPS) is 17.0. The number of ether oxygens (including phenoxy) is 1. The lowest BCUT2D eigenvalue weighted by Gasteiger charge is -2.21. The second-order valence-electron chi connectivity index (χ2n) is 3.88. The van der Waals surface area contributed by atoms with Gasteiger partial charge in [0.2, 0.25) is 0 Å². The molecule has 1 heterocycles. The van der Waals surface area contributed by atoms with Gasteiger partial charge in [0, 0.05) is 23.4 Å². The highest BCUT2D eigenvalue weighted by molar-refractivity contribution is 8.00. The SMILES string of the molecule is O=C(O)c1cc(SC2CCOCC2)ccc1F. The first-order chi connectivity index (χ1) is 8.16. The fourth-order valence-corrected chi connectivity index (χ4v) is 2.87. The van der Waals surface area contributed by atoms with Crippen LogP contribution in [0.25, 0.3) is 0 Å².